The Balaban J connectivity index is 1.35. The molecule has 2 N–H and O–H groups in total. The van der Waals surface area contributed by atoms with Gasteiger partial charge in [0.25, 0.3) is 0 Å². The lowest BCUT2D eigenvalue weighted by atomic mass is 9.83. The van der Waals surface area contributed by atoms with E-state index in [2.05, 4.69) is 46.0 Å². The molecule has 7 rings (SSSR count). The van der Waals surface area contributed by atoms with Crippen LogP contribution in [-0.4, -0.2) is 74.8 Å². The zero-order chi connectivity index (χ0) is 30.5. The second-order valence-electron chi connectivity index (χ2n) is 13.0. The molecule has 234 valence electrons. The zero-order valence-corrected chi connectivity index (χ0v) is 26.1. The lowest BCUT2D eigenvalue weighted by Crippen LogP contribution is -2.61. The van der Waals surface area contributed by atoms with Crippen LogP contribution in [0.25, 0.3) is 22.3 Å². The Labute approximate surface area is 261 Å². The predicted molar refractivity (Wildman–Crippen MR) is 165 cm³/mol. The van der Waals surface area contributed by atoms with Crippen LogP contribution in [0.2, 0.25) is 5.02 Å². The molecule has 12 nitrogen and oxygen atoms in total. The number of anilines is 1. The molecular formula is C31H39ClN8O4. The summed E-state index contributed by atoms with van der Waals surface area (Å²) in [4.78, 5) is 49.1. The number of nitrogens with zero attached hydrogens (tertiary/aromatic N) is 6. The Morgan fingerprint density at radius 2 is 1.80 bits per heavy atom. The van der Waals surface area contributed by atoms with E-state index in [9.17, 15) is 9.59 Å². The van der Waals surface area contributed by atoms with Gasteiger partial charge in [-0.2, -0.15) is 0 Å². The van der Waals surface area contributed by atoms with E-state index in [1.807, 2.05) is 17.0 Å². The van der Waals surface area contributed by atoms with E-state index in [1.54, 1.807) is 12.4 Å². The minimum absolute atomic E-state index is 0.0359. The number of halogens is 1. The molecule has 3 aliphatic heterocycles. The van der Waals surface area contributed by atoms with E-state index in [-0.39, 0.29) is 23.9 Å². The van der Waals surface area contributed by atoms with Crippen molar-refractivity contribution in [2.24, 2.45) is 17.8 Å². The van der Waals surface area contributed by atoms with Gasteiger partial charge >= 0.3 is 6.09 Å². The van der Waals surface area contributed by atoms with E-state index in [1.165, 1.54) is 12.8 Å². The minimum Gasteiger partial charge on any atom is -0.380 e. The number of carbonyl (C=O) groups excluding carboxylic acids is 2. The summed E-state index contributed by atoms with van der Waals surface area (Å²) in [7, 11) is 0. The maximum Gasteiger partial charge on any atom is 0.427 e. The Morgan fingerprint density at radius 3 is 2.43 bits per heavy atom. The number of hydroxylamine groups is 1. The summed E-state index contributed by atoms with van der Waals surface area (Å²) >= 11 is 6.43. The Hall–Kier alpha value is -3.48. The molecule has 1 unspecified atom stereocenters. The fourth-order valence-electron chi connectivity index (χ4n) is 7.15. The first-order valence-corrected chi connectivity index (χ1v) is 16.0. The van der Waals surface area contributed by atoms with Gasteiger partial charge in [-0.3, -0.25) is 15.1 Å². The average molecular weight is 623 g/mol. The second-order valence-corrected chi connectivity index (χ2v) is 13.4. The maximum absolute atomic E-state index is 13.2. The van der Waals surface area contributed by atoms with Crippen molar-refractivity contribution in [1.29, 1.82) is 0 Å². The smallest absolute Gasteiger partial charge is 0.380 e. The molecule has 3 saturated heterocycles. The van der Waals surface area contributed by atoms with Crippen LogP contribution < -0.4 is 15.7 Å². The van der Waals surface area contributed by atoms with Crippen molar-refractivity contribution in [1.82, 2.24) is 35.2 Å². The molecule has 6 heterocycles. The van der Waals surface area contributed by atoms with Crippen LogP contribution in [0, 0.1) is 17.8 Å². The van der Waals surface area contributed by atoms with Gasteiger partial charge in [-0.1, -0.05) is 31.4 Å². The number of fused-ring (bicyclic) bond motifs is 1. The summed E-state index contributed by atoms with van der Waals surface area (Å²) in [6.45, 7) is 9.73. The molecule has 4 fully saturated rings. The van der Waals surface area contributed by atoms with Gasteiger partial charge in [0.1, 0.15) is 0 Å². The molecule has 3 aromatic heterocycles. The third-order valence-electron chi connectivity index (χ3n) is 9.56. The summed E-state index contributed by atoms with van der Waals surface area (Å²) < 4.78 is 7.64. The Kier molecular flexibility index (Phi) is 7.84. The molecule has 3 aromatic rings. The number of carbonyl (C=O) groups is 2. The minimum atomic E-state index is -0.630. The molecule has 3 atom stereocenters. The molecule has 0 bridgehead atoms. The van der Waals surface area contributed by atoms with E-state index < -0.39 is 12.3 Å². The molecular weight excluding hydrogens is 584 g/mol. The second kappa shape index (κ2) is 11.8. The summed E-state index contributed by atoms with van der Waals surface area (Å²) in [6.07, 6.45) is 6.91. The lowest BCUT2D eigenvalue weighted by Gasteiger charge is -2.46. The number of imidazole rings is 1. The third kappa shape index (κ3) is 5.48. The molecule has 0 radical (unpaired) electrons. The van der Waals surface area contributed by atoms with Crippen LogP contribution in [0.1, 0.15) is 58.3 Å². The Morgan fingerprint density at radius 1 is 1.05 bits per heavy atom. The number of rotatable bonds is 6. The van der Waals surface area contributed by atoms with Crippen molar-refractivity contribution in [2.45, 2.75) is 71.2 Å². The summed E-state index contributed by atoms with van der Waals surface area (Å²) in [6, 6.07) is 3.85. The average Bonchev–Trinajstić information content (AvgIpc) is 3.56. The molecule has 44 heavy (non-hydrogen) atoms. The molecule has 1 saturated carbocycles. The van der Waals surface area contributed by atoms with Crippen LogP contribution in [0.15, 0.2) is 24.5 Å². The first-order valence-electron chi connectivity index (χ1n) is 15.6. The molecule has 2 amide bonds. The van der Waals surface area contributed by atoms with Crippen molar-refractivity contribution in [3.63, 3.8) is 0 Å². The van der Waals surface area contributed by atoms with Gasteiger partial charge in [0, 0.05) is 49.7 Å². The zero-order valence-electron chi connectivity index (χ0n) is 25.3. The third-order valence-corrected chi connectivity index (χ3v) is 9.76. The largest absolute Gasteiger partial charge is 0.427 e. The highest BCUT2D eigenvalue weighted by atomic mass is 35.5. The van der Waals surface area contributed by atoms with Crippen molar-refractivity contribution in [3.8, 4) is 11.3 Å². The summed E-state index contributed by atoms with van der Waals surface area (Å²) in [5, 5.41) is 3.27. The van der Waals surface area contributed by atoms with Crippen molar-refractivity contribution in [2.75, 3.05) is 31.2 Å². The molecule has 0 spiro atoms. The number of piperazine rings is 1. The van der Waals surface area contributed by atoms with Crippen molar-refractivity contribution in [3.05, 3.63) is 35.2 Å². The van der Waals surface area contributed by atoms with Gasteiger partial charge in [-0.25, -0.2) is 14.8 Å². The highest BCUT2D eigenvalue weighted by Crippen LogP contribution is 2.38. The first kappa shape index (κ1) is 29.2. The summed E-state index contributed by atoms with van der Waals surface area (Å²) in [5.41, 5.74) is 6.41. The van der Waals surface area contributed by atoms with Gasteiger partial charge in [-0.05, 0) is 50.7 Å². The van der Waals surface area contributed by atoms with Crippen LogP contribution in [-0.2, 0) is 20.9 Å². The molecule has 13 heteroatoms. The van der Waals surface area contributed by atoms with Crippen LogP contribution in [0.3, 0.4) is 0 Å². The van der Waals surface area contributed by atoms with Gasteiger partial charge in [0.2, 0.25) is 11.9 Å². The van der Waals surface area contributed by atoms with Gasteiger partial charge in [0.15, 0.2) is 6.17 Å². The predicted octanol–water partition coefficient (Wildman–Crippen LogP) is 4.29. The number of ether oxygens (including phenoxy) is 1. The van der Waals surface area contributed by atoms with E-state index >= 15 is 0 Å². The standard InChI is InChI=1S/C31H39ClN8O4/c1-17-4-6-20(7-5-17)14-39-27-24(35-30(39)40-18(2)12-38(13-19(40)3)29(41)22-15-43-16-22)9-25(28-36-31(42)44-37-28)34-26(27)21-8-23(32)11-33-10-21/h8-11,17-20,22,28,37H,4-7,12-16H2,1-3H3,(H,36,42)/t17?,18-,19-,20?,28?/m1/s1. The Bertz CT molecular complexity index is 1560. The first-order chi connectivity index (χ1) is 21.2. The van der Waals surface area contributed by atoms with Crippen LogP contribution >= 0.6 is 11.6 Å². The monoisotopic (exact) mass is 622 g/mol. The van der Waals surface area contributed by atoms with Crippen molar-refractivity contribution >= 4 is 40.6 Å². The molecule has 4 aliphatic rings. The highest BCUT2D eigenvalue weighted by Gasteiger charge is 2.39. The van der Waals surface area contributed by atoms with Gasteiger partial charge in [-0.15, -0.1) is 5.48 Å². The number of nitrogens with one attached hydrogen (secondary N) is 2. The van der Waals surface area contributed by atoms with E-state index in [0.29, 0.717) is 48.6 Å². The van der Waals surface area contributed by atoms with E-state index in [4.69, 9.17) is 31.1 Å². The van der Waals surface area contributed by atoms with E-state index in [0.717, 1.165) is 47.8 Å². The maximum atomic E-state index is 13.2. The molecule has 1 aliphatic carbocycles. The van der Waals surface area contributed by atoms with Gasteiger partial charge in [0.05, 0.1) is 46.6 Å². The number of hydrogen-bond acceptors (Lipinski definition) is 9. The fraction of sp³-hybridized carbons (Fsp3) is 0.581. The number of hydrogen-bond donors (Lipinski definition) is 2. The number of amides is 2. The molecule has 0 aromatic carbocycles. The van der Waals surface area contributed by atoms with Gasteiger partial charge < -0.3 is 23.9 Å². The summed E-state index contributed by atoms with van der Waals surface area (Å²) in [5.74, 6) is 2.26. The quantitative estimate of drug-likeness (QED) is 0.414. The van der Waals surface area contributed by atoms with Crippen LogP contribution in [0.5, 0.6) is 0 Å². The SMILES string of the molecule is CC1CCC(Cn2c(N3[C@H](C)CN(C(=O)C4COC4)C[C@H]3C)nc3cc(C4NOC(=O)N4)nc(-c4cncc(Cl)c4)c32)CC1. The lowest BCUT2D eigenvalue weighted by molar-refractivity contribution is -0.151. The number of pyridine rings is 2. The van der Waals surface area contributed by atoms with Crippen molar-refractivity contribution < 1.29 is 19.2 Å². The highest BCUT2D eigenvalue weighted by molar-refractivity contribution is 6.30. The topological polar surface area (TPSA) is 127 Å². The number of aromatic nitrogens is 4. The fourth-order valence-corrected chi connectivity index (χ4v) is 7.32. The van der Waals surface area contributed by atoms with Crippen LogP contribution in [0.4, 0.5) is 10.7 Å². The normalized spacial score (nSPS) is 27.7.